The molecule has 3 nitrogen and oxygen atoms in total. The van der Waals surface area contributed by atoms with Crippen LogP contribution < -0.4 is 5.32 Å². The van der Waals surface area contributed by atoms with Crippen LogP contribution >= 0.6 is 0 Å². The summed E-state index contributed by atoms with van der Waals surface area (Å²) in [7, 11) is 0. The molecule has 1 atom stereocenters. The van der Waals surface area contributed by atoms with Gasteiger partial charge in [-0.15, -0.1) is 0 Å². The lowest BCUT2D eigenvalue weighted by Crippen LogP contribution is -2.44. The van der Waals surface area contributed by atoms with Crippen LogP contribution in [0, 0.1) is 10.8 Å². The number of carbonyl (C=O) groups is 1. The minimum atomic E-state index is -0.667. The highest BCUT2D eigenvalue weighted by Gasteiger charge is 2.50. The molecular formula is C9H17NO2. The summed E-state index contributed by atoms with van der Waals surface area (Å²) in [6, 6.07) is 0. The van der Waals surface area contributed by atoms with Crippen molar-refractivity contribution in [3.8, 4) is 0 Å². The van der Waals surface area contributed by atoms with E-state index in [-0.39, 0.29) is 5.41 Å². The Morgan fingerprint density at radius 3 is 2.25 bits per heavy atom. The highest BCUT2D eigenvalue weighted by Crippen LogP contribution is 2.43. The summed E-state index contributed by atoms with van der Waals surface area (Å²) < 4.78 is 0. The van der Waals surface area contributed by atoms with Crippen molar-refractivity contribution >= 4 is 5.97 Å². The van der Waals surface area contributed by atoms with Crippen LogP contribution in [-0.2, 0) is 4.79 Å². The molecule has 2 N–H and O–H groups in total. The molecule has 70 valence electrons. The van der Waals surface area contributed by atoms with E-state index in [1.54, 1.807) is 0 Å². The van der Waals surface area contributed by atoms with Crippen molar-refractivity contribution in [3.63, 3.8) is 0 Å². The summed E-state index contributed by atoms with van der Waals surface area (Å²) in [4.78, 5) is 11.1. The Balaban J connectivity index is 2.94. The third kappa shape index (κ3) is 1.22. The van der Waals surface area contributed by atoms with E-state index in [9.17, 15) is 4.79 Å². The summed E-state index contributed by atoms with van der Waals surface area (Å²) in [5.74, 6) is -0.667. The van der Waals surface area contributed by atoms with Crippen LogP contribution in [0.1, 0.15) is 27.2 Å². The fourth-order valence-corrected chi connectivity index (χ4v) is 1.84. The molecule has 0 radical (unpaired) electrons. The number of nitrogens with one attached hydrogen (secondary N) is 1. The number of hydrogen-bond acceptors (Lipinski definition) is 2. The Bertz CT molecular complexity index is 187. The first-order valence-corrected chi connectivity index (χ1v) is 4.34. The largest absolute Gasteiger partial charge is 0.481 e. The fraction of sp³-hybridized carbons (Fsp3) is 0.889. The van der Waals surface area contributed by atoms with Gasteiger partial charge in [0, 0.05) is 6.54 Å². The van der Waals surface area contributed by atoms with E-state index in [0.717, 1.165) is 13.0 Å². The molecule has 0 saturated carbocycles. The molecular weight excluding hydrogens is 154 g/mol. The van der Waals surface area contributed by atoms with Crippen molar-refractivity contribution < 1.29 is 9.90 Å². The average molecular weight is 171 g/mol. The van der Waals surface area contributed by atoms with Crippen LogP contribution in [0.4, 0.5) is 0 Å². The summed E-state index contributed by atoms with van der Waals surface area (Å²) in [5, 5.41) is 12.3. The van der Waals surface area contributed by atoms with Crippen LogP contribution in [-0.4, -0.2) is 24.2 Å². The van der Waals surface area contributed by atoms with Gasteiger partial charge in [-0.05, 0) is 18.4 Å². The second kappa shape index (κ2) is 2.73. The van der Waals surface area contributed by atoms with Crippen molar-refractivity contribution in [1.82, 2.24) is 5.32 Å². The average Bonchev–Trinajstić information content (AvgIpc) is 2.31. The molecule has 1 fully saturated rings. The van der Waals surface area contributed by atoms with Crippen LogP contribution in [0.5, 0.6) is 0 Å². The van der Waals surface area contributed by atoms with Gasteiger partial charge < -0.3 is 10.4 Å². The smallest absolute Gasteiger partial charge is 0.311 e. The van der Waals surface area contributed by atoms with Crippen LogP contribution in [0.3, 0.4) is 0 Å². The molecule has 1 rings (SSSR count). The molecule has 0 aromatic rings. The lowest BCUT2D eigenvalue weighted by Gasteiger charge is -2.37. The quantitative estimate of drug-likeness (QED) is 0.621. The van der Waals surface area contributed by atoms with Gasteiger partial charge in [-0.3, -0.25) is 4.79 Å². The monoisotopic (exact) mass is 171 g/mol. The molecule has 12 heavy (non-hydrogen) atoms. The maximum Gasteiger partial charge on any atom is 0.311 e. The Kier molecular flexibility index (Phi) is 2.17. The first-order chi connectivity index (χ1) is 5.40. The van der Waals surface area contributed by atoms with Gasteiger partial charge >= 0.3 is 5.97 Å². The second-order valence-corrected chi connectivity index (χ2v) is 4.56. The molecule has 0 aromatic heterocycles. The highest BCUT2D eigenvalue weighted by molar-refractivity contribution is 5.76. The third-order valence-corrected chi connectivity index (χ3v) is 3.00. The molecule has 0 aromatic carbocycles. The minimum absolute atomic E-state index is 0.164. The Labute approximate surface area is 73.2 Å². The van der Waals surface area contributed by atoms with Crippen molar-refractivity contribution in [3.05, 3.63) is 0 Å². The lowest BCUT2D eigenvalue weighted by atomic mass is 9.66. The summed E-state index contributed by atoms with van der Waals surface area (Å²) in [5.41, 5.74) is -0.727. The van der Waals surface area contributed by atoms with Gasteiger partial charge in [-0.25, -0.2) is 0 Å². The molecule has 3 heteroatoms. The molecule has 1 heterocycles. The summed E-state index contributed by atoms with van der Waals surface area (Å²) >= 11 is 0. The molecule has 0 aliphatic carbocycles. The predicted octanol–water partition coefficient (Wildman–Crippen LogP) is 1.10. The first-order valence-electron chi connectivity index (χ1n) is 4.34. The topological polar surface area (TPSA) is 49.3 Å². The SMILES string of the molecule is CC(C)(C)C1(C(=O)O)CCNC1. The van der Waals surface area contributed by atoms with Crippen LogP contribution in [0.15, 0.2) is 0 Å². The Morgan fingerprint density at radius 2 is 2.08 bits per heavy atom. The number of aliphatic carboxylic acids is 1. The summed E-state index contributed by atoms with van der Waals surface area (Å²) in [6.07, 6.45) is 0.742. The van der Waals surface area contributed by atoms with Gasteiger partial charge in [0.25, 0.3) is 0 Å². The standard InChI is InChI=1S/C9H17NO2/c1-8(2,3)9(7(11)12)4-5-10-6-9/h10H,4-6H2,1-3H3,(H,11,12). The first kappa shape index (κ1) is 9.52. The Hall–Kier alpha value is -0.570. The van der Waals surface area contributed by atoms with Crippen molar-refractivity contribution in [2.24, 2.45) is 10.8 Å². The molecule has 1 saturated heterocycles. The van der Waals surface area contributed by atoms with Crippen molar-refractivity contribution in [2.75, 3.05) is 13.1 Å². The zero-order chi connectivity index (χ0) is 9.41. The van der Waals surface area contributed by atoms with Gasteiger partial charge in [0.2, 0.25) is 0 Å². The van der Waals surface area contributed by atoms with Crippen molar-refractivity contribution in [2.45, 2.75) is 27.2 Å². The molecule has 1 unspecified atom stereocenters. The van der Waals surface area contributed by atoms with E-state index < -0.39 is 11.4 Å². The minimum Gasteiger partial charge on any atom is -0.481 e. The molecule has 1 aliphatic rings. The zero-order valence-corrected chi connectivity index (χ0v) is 7.98. The van der Waals surface area contributed by atoms with Crippen LogP contribution in [0.25, 0.3) is 0 Å². The van der Waals surface area contributed by atoms with E-state index in [4.69, 9.17) is 5.11 Å². The Morgan fingerprint density at radius 1 is 1.50 bits per heavy atom. The number of carboxylic acids is 1. The zero-order valence-electron chi connectivity index (χ0n) is 7.98. The lowest BCUT2D eigenvalue weighted by molar-refractivity contribution is -0.154. The van der Waals surface area contributed by atoms with Gasteiger partial charge in [-0.2, -0.15) is 0 Å². The van der Waals surface area contributed by atoms with E-state index in [0.29, 0.717) is 6.54 Å². The second-order valence-electron chi connectivity index (χ2n) is 4.56. The van der Waals surface area contributed by atoms with Gasteiger partial charge in [0.05, 0.1) is 5.41 Å². The molecule has 0 spiro atoms. The predicted molar refractivity (Wildman–Crippen MR) is 47.0 cm³/mol. The molecule has 0 bridgehead atoms. The van der Waals surface area contributed by atoms with Crippen molar-refractivity contribution in [1.29, 1.82) is 0 Å². The van der Waals surface area contributed by atoms with E-state index in [2.05, 4.69) is 5.32 Å². The van der Waals surface area contributed by atoms with Crippen LogP contribution in [0.2, 0.25) is 0 Å². The van der Waals surface area contributed by atoms with Gasteiger partial charge in [-0.1, -0.05) is 20.8 Å². The maximum absolute atomic E-state index is 11.1. The third-order valence-electron chi connectivity index (χ3n) is 3.00. The van der Waals surface area contributed by atoms with E-state index in [1.165, 1.54) is 0 Å². The van der Waals surface area contributed by atoms with E-state index >= 15 is 0 Å². The summed E-state index contributed by atoms with van der Waals surface area (Å²) in [6.45, 7) is 7.41. The van der Waals surface area contributed by atoms with E-state index in [1.807, 2.05) is 20.8 Å². The highest BCUT2D eigenvalue weighted by atomic mass is 16.4. The number of hydrogen-bond donors (Lipinski definition) is 2. The van der Waals surface area contributed by atoms with Gasteiger partial charge in [0.1, 0.15) is 0 Å². The number of carboxylic acid groups (broad SMARTS) is 1. The van der Waals surface area contributed by atoms with Gasteiger partial charge in [0.15, 0.2) is 0 Å². The maximum atomic E-state index is 11.1. The molecule has 1 aliphatic heterocycles. The number of rotatable bonds is 1. The normalized spacial score (nSPS) is 30.6. The molecule has 0 amide bonds. The fourth-order valence-electron chi connectivity index (χ4n) is 1.84.